The lowest BCUT2D eigenvalue weighted by Gasteiger charge is -2.18. The molecule has 0 bridgehead atoms. The van der Waals surface area contributed by atoms with Crippen LogP contribution >= 0.6 is 0 Å². The molecule has 3 heterocycles. The molecule has 8 nitrogen and oxygen atoms in total. The first kappa shape index (κ1) is 23.1. The lowest BCUT2D eigenvalue weighted by atomic mass is 10.0. The van der Waals surface area contributed by atoms with Crippen LogP contribution in [-0.4, -0.2) is 30.6 Å². The normalized spacial score (nSPS) is 12.0. The van der Waals surface area contributed by atoms with Gasteiger partial charge in [-0.2, -0.15) is 5.10 Å². The van der Waals surface area contributed by atoms with Crippen LogP contribution in [0.15, 0.2) is 66.0 Å². The Morgan fingerprint density at radius 1 is 1.12 bits per heavy atom. The molecule has 0 radical (unpaired) electrons. The number of H-pyrrole nitrogens is 1. The minimum atomic E-state index is -0.294. The molecule has 2 N–H and O–H groups in total. The number of amides is 1. The fourth-order valence-electron chi connectivity index (χ4n) is 3.83. The zero-order valence-electron chi connectivity index (χ0n) is 19.7. The number of carbonyl (C=O) groups is 1. The molecule has 4 rings (SSSR count). The van der Waals surface area contributed by atoms with E-state index < -0.39 is 0 Å². The highest BCUT2D eigenvalue weighted by molar-refractivity contribution is 5.96. The monoisotopic (exact) mass is 456 g/mol. The van der Waals surface area contributed by atoms with Gasteiger partial charge in [-0.05, 0) is 54.8 Å². The van der Waals surface area contributed by atoms with Gasteiger partial charge in [0.05, 0.1) is 17.4 Å². The SMILES string of the molecule is CCC(NC(=O)c1cc(-c2ccc(C)cn2)cc(-n2ncnc2C(C)C)c1)c1cc[nH]c(=O)c1. The number of benzene rings is 1. The molecular formula is C26H28N6O2. The summed E-state index contributed by atoms with van der Waals surface area (Å²) in [5, 5.41) is 7.47. The van der Waals surface area contributed by atoms with Gasteiger partial charge in [-0.1, -0.05) is 26.8 Å². The average Bonchev–Trinajstić information content (AvgIpc) is 3.33. The van der Waals surface area contributed by atoms with E-state index in [-0.39, 0.29) is 23.4 Å². The van der Waals surface area contributed by atoms with Crippen molar-refractivity contribution >= 4 is 5.91 Å². The number of nitrogens with one attached hydrogen (secondary N) is 2. The Labute approximate surface area is 198 Å². The summed E-state index contributed by atoms with van der Waals surface area (Å²) in [6.07, 6.45) is 5.55. The van der Waals surface area contributed by atoms with Gasteiger partial charge in [-0.25, -0.2) is 9.67 Å². The molecule has 3 aromatic heterocycles. The van der Waals surface area contributed by atoms with Gasteiger partial charge < -0.3 is 10.3 Å². The molecule has 174 valence electrons. The van der Waals surface area contributed by atoms with Crippen LogP contribution in [0.2, 0.25) is 0 Å². The highest BCUT2D eigenvalue weighted by Crippen LogP contribution is 2.26. The molecule has 1 unspecified atom stereocenters. The minimum absolute atomic E-state index is 0.154. The topological polar surface area (TPSA) is 106 Å². The average molecular weight is 457 g/mol. The standard InChI is InChI=1S/C26H28N6O2/c1-5-22(18-8-9-27-24(33)13-18)31-26(34)20-10-19(23-7-6-17(4)14-28-23)11-21(12-20)32-25(16(2)3)29-15-30-32/h6-16,22H,5H2,1-4H3,(H,27,33)(H,31,34). The zero-order valence-corrected chi connectivity index (χ0v) is 19.7. The molecule has 8 heteroatoms. The van der Waals surface area contributed by atoms with E-state index in [1.54, 1.807) is 29.2 Å². The van der Waals surface area contributed by atoms with Crippen LogP contribution in [0.5, 0.6) is 0 Å². The van der Waals surface area contributed by atoms with Gasteiger partial charge in [0.2, 0.25) is 5.56 Å². The van der Waals surface area contributed by atoms with E-state index in [1.807, 2.05) is 52.0 Å². The van der Waals surface area contributed by atoms with Crippen molar-refractivity contribution in [1.29, 1.82) is 0 Å². The highest BCUT2D eigenvalue weighted by atomic mass is 16.1. The smallest absolute Gasteiger partial charge is 0.251 e. The summed E-state index contributed by atoms with van der Waals surface area (Å²) in [5.74, 6) is 0.713. The molecule has 0 spiro atoms. The van der Waals surface area contributed by atoms with E-state index in [2.05, 4.69) is 25.4 Å². The second kappa shape index (κ2) is 9.82. The summed E-state index contributed by atoms with van der Waals surface area (Å²) < 4.78 is 1.76. The Balaban J connectivity index is 1.77. The maximum absolute atomic E-state index is 13.4. The number of aromatic amines is 1. The summed E-state index contributed by atoms with van der Waals surface area (Å²) in [4.78, 5) is 36.7. The summed E-state index contributed by atoms with van der Waals surface area (Å²) in [5.41, 5.74) is 4.38. The number of aromatic nitrogens is 5. The van der Waals surface area contributed by atoms with Gasteiger partial charge in [-0.15, -0.1) is 0 Å². The molecule has 0 aliphatic rings. The molecule has 1 aromatic carbocycles. The number of hydrogen-bond acceptors (Lipinski definition) is 5. The summed E-state index contributed by atoms with van der Waals surface area (Å²) in [6, 6.07) is 12.5. The number of aryl methyl sites for hydroxylation is 1. The molecule has 0 saturated carbocycles. The van der Waals surface area contributed by atoms with Gasteiger partial charge in [0.25, 0.3) is 5.91 Å². The second-order valence-electron chi connectivity index (χ2n) is 8.59. The highest BCUT2D eigenvalue weighted by Gasteiger charge is 2.18. The van der Waals surface area contributed by atoms with Gasteiger partial charge in [0.1, 0.15) is 12.2 Å². The van der Waals surface area contributed by atoms with Crippen molar-refractivity contribution < 1.29 is 4.79 Å². The van der Waals surface area contributed by atoms with E-state index >= 15 is 0 Å². The van der Waals surface area contributed by atoms with E-state index in [0.717, 1.165) is 33.9 Å². The first-order chi connectivity index (χ1) is 16.4. The van der Waals surface area contributed by atoms with E-state index in [0.29, 0.717) is 12.0 Å². The lowest BCUT2D eigenvalue weighted by molar-refractivity contribution is 0.0935. The van der Waals surface area contributed by atoms with Crippen molar-refractivity contribution in [2.24, 2.45) is 0 Å². The Bertz CT molecular complexity index is 1350. The first-order valence-electron chi connectivity index (χ1n) is 11.3. The molecule has 4 aromatic rings. The first-order valence-corrected chi connectivity index (χ1v) is 11.3. The van der Waals surface area contributed by atoms with Gasteiger partial charge in [-0.3, -0.25) is 14.6 Å². The van der Waals surface area contributed by atoms with Crippen molar-refractivity contribution in [1.82, 2.24) is 30.0 Å². The van der Waals surface area contributed by atoms with Crippen molar-refractivity contribution in [3.05, 3.63) is 94.1 Å². The van der Waals surface area contributed by atoms with E-state index in [4.69, 9.17) is 0 Å². The second-order valence-corrected chi connectivity index (χ2v) is 8.59. The summed E-state index contributed by atoms with van der Waals surface area (Å²) in [6.45, 7) is 8.05. The van der Waals surface area contributed by atoms with Crippen LogP contribution in [0.1, 0.15) is 66.5 Å². The Morgan fingerprint density at radius 2 is 1.94 bits per heavy atom. The van der Waals surface area contributed by atoms with E-state index in [9.17, 15) is 9.59 Å². The minimum Gasteiger partial charge on any atom is -0.345 e. The maximum atomic E-state index is 13.4. The molecule has 0 saturated heterocycles. The Kier molecular flexibility index (Phi) is 6.67. The molecule has 34 heavy (non-hydrogen) atoms. The molecule has 0 fully saturated rings. The molecule has 1 amide bonds. The van der Waals surface area contributed by atoms with Gasteiger partial charge in [0.15, 0.2) is 0 Å². The Hall–Kier alpha value is -4.07. The predicted molar refractivity (Wildman–Crippen MR) is 131 cm³/mol. The van der Waals surface area contributed by atoms with Crippen LogP contribution in [0, 0.1) is 6.92 Å². The van der Waals surface area contributed by atoms with Crippen molar-refractivity contribution in [3.8, 4) is 16.9 Å². The largest absolute Gasteiger partial charge is 0.345 e. The van der Waals surface area contributed by atoms with Crippen LogP contribution in [-0.2, 0) is 0 Å². The van der Waals surface area contributed by atoms with Crippen molar-refractivity contribution in [3.63, 3.8) is 0 Å². The van der Waals surface area contributed by atoms with Crippen LogP contribution in [0.25, 0.3) is 16.9 Å². The number of carbonyl (C=O) groups excluding carboxylic acids is 1. The van der Waals surface area contributed by atoms with E-state index in [1.165, 1.54) is 12.4 Å². The number of rotatable bonds is 7. The number of hydrogen-bond donors (Lipinski definition) is 2. The van der Waals surface area contributed by atoms with Gasteiger partial charge >= 0.3 is 0 Å². The molecular weight excluding hydrogens is 428 g/mol. The molecule has 0 aliphatic carbocycles. The third-order valence-electron chi connectivity index (χ3n) is 5.64. The fraction of sp³-hybridized carbons (Fsp3) is 0.269. The molecule has 1 atom stereocenters. The maximum Gasteiger partial charge on any atom is 0.251 e. The lowest BCUT2D eigenvalue weighted by Crippen LogP contribution is -2.29. The third-order valence-corrected chi connectivity index (χ3v) is 5.64. The fourth-order valence-corrected chi connectivity index (χ4v) is 3.83. The van der Waals surface area contributed by atoms with Crippen LogP contribution in [0.3, 0.4) is 0 Å². The van der Waals surface area contributed by atoms with Crippen molar-refractivity contribution in [2.45, 2.75) is 46.1 Å². The quantitative estimate of drug-likeness (QED) is 0.431. The third kappa shape index (κ3) is 4.96. The summed E-state index contributed by atoms with van der Waals surface area (Å²) in [7, 11) is 0. The van der Waals surface area contributed by atoms with Gasteiger partial charge in [0, 0.05) is 35.5 Å². The number of pyridine rings is 2. The predicted octanol–water partition coefficient (Wildman–Crippen LogP) is 4.33. The summed E-state index contributed by atoms with van der Waals surface area (Å²) >= 11 is 0. The van der Waals surface area contributed by atoms with Crippen LogP contribution in [0.4, 0.5) is 0 Å². The zero-order chi connectivity index (χ0) is 24.2. The van der Waals surface area contributed by atoms with Crippen LogP contribution < -0.4 is 10.9 Å². The molecule has 0 aliphatic heterocycles. The van der Waals surface area contributed by atoms with Crippen molar-refractivity contribution in [2.75, 3.05) is 0 Å². The number of nitrogens with zero attached hydrogens (tertiary/aromatic N) is 4. The Morgan fingerprint density at radius 3 is 2.62 bits per heavy atom.